The van der Waals surface area contributed by atoms with Crippen LogP contribution in [0.3, 0.4) is 0 Å². The normalized spacial score (nSPS) is 11.1. The summed E-state index contributed by atoms with van der Waals surface area (Å²) in [5.74, 6) is 2.47. The van der Waals surface area contributed by atoms with Crippen LogP contribution in [0.15, 0.2) is 72.8 Å². The Labute approximate surface area is 210 Å². The van der Waals surface area contributed by atoms with E-state index in [1.54, 1.807) is 0 Å². The maximum Gasteiger partial charge on any atom is 0.205 e. The summed E-state index contributed by atoms with van der Waals surface area (Å²) in [6.07, 6.45) is 5.10. The van der Waals surface area contributed by atoms with Crippen molar-refractivity contribution < 1.29 is 0 Å². The first-order valence-electron chi connectivity index (χ1n) is 12.4. The number of nitrogens with two attached hydrogens (primary N) is 1. The van der Waals surface area contributed by atoms with Crippen LogP contribution in [-0.2, 0) is 19.4 Å². The zero-order valence-corrected chi connectivity index (χ0v) is 20.4. The van der Waals surface area contributed by atoms with Crippen molar-refractivity contribution in [1.82, 2.24) is 35.4 Å². The third-order valence-corrected chi connectivity index (χ3v) is 6.25. The fraction of sp³-hybridized carbons (Fsp3) is 0.250. The molecule has 5 rings (SSSR count). The van der Waals surface area contributed by atoms with E-state index in [9.17, 15) is 0 Å². The molecule has 2 heterocycles. The highest BCUT2D eigenvalue weighted by Gasteiger charge is 2.13. The predicted molar refractivity (Wildman–Crippen MR) is 141 cm³/mol. The number of anilines is 1. The molecule has 3 aromatic carbocycles. The summed E-state index contributed by atoms with van der Waals surface area (Å²) in [7, 11) is 0. The highest BCUT2D eigenvalue weighted by atomic mass is 15.5. The van der Waals surface area contributed by atoms with Crippen LogP contribution in [0.2, 0.25) is 0 Å². The molecule has 0 fully saturated rings. The molecule has 3 N–H and O–H groups in total. The number of H-pyrrole nitrogens is 1. The molecule has 0 aliphatic rings. The molecule has 0 atom stereocenters. The lowest BCUT2D eigenvalue weighted by Gasteiger charge is -2.10. The summed E-state index contributed by atoms with van der Waals surface area (Å²) in [6, 6.07) is 24.6. The number of aromatic nitrogens is 7. The van der Waals surface area contributed by atoms with Gasteiger partial charge in [0.1, 0.15) is 5.82 Å². The molecule has 5 aromatic rings. The van der Waals surface area contributed by atoms with Crippen LogP contribution in [-0.4, -0.2) is 35.4 Å². The number of benzene rings is 3. The summed E-state index contributed by atoms with van der Waals surface area (Å²) < 4.78 is 2.04. The Morgan fingerprint density at radius 2 is 1.61 bits per heavy atom. The van der Waals surface area contributed by atoms with Gasteiger partial charge in [-0.2, -0.15) is 10.3 Å². The summed E-state index contributed by atoms with van der Waals surface area (Å²) in [6.45, 7) is 2.88. The molecule has 36 heavy (non-hydrogen) atoms. The average molecular weight is 479 g/mol. The van der Waals surface area contributed by atoms with Gasteiger partial charge in [0.25, 0.3) is 0 Å². The van der Waals surface area contributed by atoms with E-state index in [1.165, 1.54) is 24.0 Å². The van der Waals surface area contributed by atoms with Gasteiger partial charge in [0.2, 0.25) is 5.82 Å². The Hall–Kier alpha value is -4.33. The lowest BCUT2D eigenvalue weighted by atomic mass is 9.98. The molecule has 0 bridgehead atoms. The maximum atomic E-state index is 5.87. The molecule has 0 aliphatic heterocycles. The quantitative estimate of drug-likeness (QED) is 0.214. The first-order valence-corrected chi connectivity index (χ1v) is 12.4. The van der Waals surface area contributed by atoms with E-state index < -0.39 is 0 Å². The number of hydrogen-bond donors (Lipinski definition) is 2. The van der Waals surface area contributed by atoms with Crippen molar-refractivity contribution in [3.05, 3.63) is 95.6 Å². The summed E-state index contributed by atoms with van der Waals surface area (Å²) in [5, 5.41) is 19.4. The fourth-order valence-electron chi connectivity index (χ4n) is 4.31. The standard InChI is InChI=1S/C28H30N8/c1-2-3-4-9-26-30-27(18-20-12-16-23(29)17-13-20)36(33-26)19-21-10-14-22(15-11-21)24-7-5-6-8-25(24)28-31-34-35-32-28/h5-8,10-17H,2-4,9,18-19,29H2,1H3,(H,31,32,34,35). The SMILES string of the molecule is CCCCCc1nc(Cc2ccc(N)cc2)n(Cc2ccc(-c3ccccc3-c3nn[nH]n3)cc2)n1. The van der Waals surface area contributed by atoms with Gasteiger partial charge in [-0.1, -0.05) is 80.4 Å². The van der Waals surface area contributed by atoms with Crippen molar-refractivity contribution in [3.63, 3.8) is 0 Å². The minimum Gasteiger partial charge on any atom is -0.399 e. The number of unbranched alkanes of at least 4 members (excludes halogenated alkanes) is 2. The van der Waals surface area contributed by atoms with Gasteiger partial charge in [-0.3, -0.25) is 0 Å². The zero-order chi connectivity index (χ0) is 24.7. The Morgan fingerprint density at radius 3 is 2.33 bits per heavy atom. The van der Waals surface area contributed by atoms with Gasteiger partial charge >= 0.3 is 0 Å². The van der Waals surface area contributed by atoms with Crippen LogP contribution in [0.5, 0.6) is 0 Å². The van der Waals surface area contributed by atoms with Crippen LogP contribution in [0, 0.1) is 0 Å². The van der Waals surface area contributed by atoms with E-state index in [-0.39, 0.29) is 0 Å². The lowest BCUT2D eigenvalue weighted by molar-refractivity contribution is 0.631. The van der Waals surface area contributed by atoms with Crippen LogP contribution in [0.1, 0.15) is 49.0 Å². The van der Waals surface area contributed by atoms with Crippen LogP contribution in [0.25, 0.3) is 22.5 Å². The van der Waals surface area contributed by atoms with Crippen LogP contribution >= 0.6 is 0 Å². The van der Waals surface area contributed by atoms with Gasteiger partial charge in [-0.05, 0) is 46.0 Å². The van der Waals surface area contributed by atoms with Crippen molar-refractivity contribution in [2.45, 2.75) is 45.6 Å². The first kappa shape index (κ1) is 23.4. The van der Waals surface area contributed by atoms with E-state index in [2.05, 4.69) is 70.0 Å². The molecule has 0 saturated heterocycles. The minimum atomic E-state index is 0.584. The predicted octanol–water partition coefficient (Wildman–Crippen LogP) is 5.08. The van der Waals surface area contributed by atoms with Crippen molar-refractivity contribution in [1.29, 1.82) is 0 Å². The third kappa shape index (κ3) is 5.49. The van der Waals surface area contributed by atoms with E-state index in [4.69, 9.17) is 15.8 Å². The topological polar surface area (TPSA) is 111 Å². The second-order valence-corrected chi connectivity index (χ2v) is 8.96. The van der Waals surface area contributed by atoms with Gasteiger partial charge in [0, 0.05) is 24.1 Å². The summed E-state index contributed by atoms with van der Waals surface area (Å²) in [5.41, 5.74) is 12.1. The molecule has 182 valence electrons. The van der Waals surface area contributed by atoms with Gasteiger partial charge in [-0.25, -0.2) is 9.67 Å². The number of aromatic amines is 1. The molecule has 0 saturated carbocycles. The van der Waals surface area contributed by atoms with Gasteiger partial charge < -0.3 is 5.73 Å². The highest BCUT2D eigenvalue weighted by molar-refractivity contribution is 5.80. The van der Waals surface area contributed by atoms with Crippen molar-refractivity contribution >= 4 is 5.69 Å². The Balaban J connectivity index is 1.38. The van der Waals surface area contributed by atoms with Crippen LogP contribution in [0.4, 0.5) is 5.69 Å². The van der Waals surface area contributed by atoms with E-state index in [0.717, 1.165) is 53.3 Å². The zero-order valence-electron chi connectivity index (χ0n) is 20.4. The molecule has 2 aromatic heterocycles. The second-order valence-electron chi connectivity index (χ2n) is 8.96. The molecule has 0 amide bonds. The van der Waals surface area contributed by atoms with Crippen molar-refractivity contribution in [3.8, 4) is 22.5 Å². The second kappa shape index (κ2) is 10.9. The molecule has 8 heteroatoms. The molecule has 0 unspecified atom stereocenters. The number of rotatable bonds is 10. The van der Waals surface area contributed by atoms with Gasteiger partial charge in [0.15, 0.2) is 5.82 Å². The van der Waals surface area contributed by atoms with Crippen molar-refractivity contribution in [2.24, 2.45) is 0 Å². The first-order chi connectivity index (χ1) is 17.7. The smallest absolute Gasteiger partial charge is 0.205 e. The molecular formula is C28H30N8. The number of nitrogen functional groups attached to an aromatic ring is 1. The van der Waals surface area contributed by atoms with Gasteiger partial charge in [-0.15, -0.1) is 10.2 Å². The summed E-state index contributed by atoms with van der Waals surface area (Å²) in [4.78, 5) is 4.90. The molecule has 0 aliphatic carbocycles. The van der Waals surface area contributed by atoms with Crippen LogP contribution < -0.4 is 5.73 Å². The number of nitrogens with zero attached hydrogens (tertiary/aromatic N) is 6. The molecule has 8 nitrogen and oxygen atoms in total. The van der Waals surface area contributed by atoms with Crippen molar-refractivity contribution in [2.75, 3.05) is 5.73 Å². The Morgan fingerprint density at radius 1 is 0.861 bits per heavy atom. The fourth-order valence-corrected chi connectivity index (χ4v) is 4.31. The molecular weight excluding hydrogens is 448 g/mol. The third-order valence-electron chi connectivity index (χ3n) is 6.25. The number of aryl methyl sites for hydroxylation is 1. The Kier molecular flexibility index (Phi) is 7.12. The lowest BCUT2D eigenvalue weighted by Crippen LogP contribution is -2.08. The number of hydrogen-bond acceptors (Lipinski definition) is 6. The van der Waals surface area contributed by atoms with E-state index in [1.807, 2.05) is 35.0 Å². The number of nitrogens with one attached hydrogen (secondary N) is 1. The minimum absolute atomic E-state index is 0.584. The summed E-state index contributed by atoms with van der Waals surface area (Å²) >= 11 is 0. The van der Waals surface area contributed by atoms with E-state index in [0.29, 0.717) is 12.4 Å². The largest absolute Gasteiger partial charge is 0.399 e. The average Bonchev–Trinajstić information content (AvgIpc) is 3.57. The molecule has 0 spiro atoms. The van der Waals surface area contributed by atoms with Gasteiger partial charge in [0.05, 0.1) is 6.54 Å². The maximum absolute atomic E-state index is 5.87. The highest BCUT2D eigenvalue weighted by Crippen LogP contribution is 2.29. The molecule has 0 radical (unpaired) electrons. The van der Waals surface area contributed by atoms with E-state index >= 15 is 0 Å². The monoisotopic (exact) mass is 478 g/mol. The Bertz CT molecular complexity index is 1390. The number of tetrazole rings is 1.